The minimum Gasteiger partial charge on any atom is -0.300 e. The van der Waals surface area contributed by atoms with E-state index in [0.29, 0.717) is 27.9 Å². The van der Waals surface area contributed by atoms with Crippen molar-refractivity contribution >= 4 is 5.78 Å². The Morgan fingerprint density at radius 1 is 0.958 bits per heavy atom. The molecule has 0 amide bonds. The number of Topliss-reactive ketones (excluding diaryl/α,β-unsaturated/α-hetero) is 1. The Morgan fingerprint density at radius 2 is 1.71 bits per heavy atom. The molecule has 4 saturated carbocycles. The third kappa shape index (κ3) is 2.15. The molecule has 0 aromatic carbocycles. The Morgan fingerprint density at radius 3 is 2.46 bits per heavy atom. The van der Waals surface area contributed by atoms with Crippen molar-refractivity contribution < 1.29 is 4.79 Å². The second-order valence-electron chi connectivity index (χ2n) is 10.7. The number of hydrogen-bond donors (Lipinski definition) is 0. The maximum Gasteiger partial charge on any atom is 0.133 e. The maximum atomic E-state index is 12.0. The van der Waals surface area contributed by atoms with Crippen LogP contribution in [0.3, 0.4) is 0 Å². The second kappa shape index (κ2) is 5.58. The van der Waals surface area contributed by atoms with Gasteiger partial charge in [-0.15, -0.1) is 0 Å². The summed E-state index contributed by atoms with van der Waals surface area (Å²) in [5, 5.41) is 0. The largest absolute Gasteiger partial charge is 0.300 e. The van der Waals surface area contributed by atoms with Crippen molar-refractivity contribution in [1.29, 1.82) is 0 Å². The van der Waals surface area contributed by atoms with Gasteiger partial charge in [-0.2, -0.15) is 0 Å². The zero-order valence-electron chi connectivity index (χ0n) is 16.5. The van der Waals surface area contributed by atoms with Gasteiger partial charge in [-0.25, -0.2) is 0 Å². The SMILES string of the molecule is CCCC1(C)CC[C@H]2C3CCC4CC(=O)CC[C@]4(C)[C@H]3CC[C@@]21C. The zero-order valence-corrected chi connectivity index (χ0v) is 16.5. The van der Waals surface area contributed by atoms with Gasteiger partial charge in [-0.1, -0.05) is 34.1 Å². The molecule has 0 radical (unpaired) electrons. The van der Waals surface area contributed by atoms with E-state index in [1.807, 2.05) is 0 Å². The fourth-order valence-corrected chi connectivity index (χ4v) is 8.37. The number of hydrogen-bond acceptors (Lipinski definition) is 1. The van der Waals surface area contributed by atoms with Crippen molar-refractivity contribution in [3.63, 3.8) is 0 Å². The van der Waals surface area contributed by atoms with Crippen molar-refractivity contribution in [2.45, 2.75) is 98.3 Å². The molecule has 4 rings (SSSR count). The van der Waals surface area contributed by atoms with Crippen LogP contribution in [0.4, 0.5) is 0 Å². The highest BCUT2D eigenvalue weighted by Crippen LogP contribution is 2.71. The summed E-state index contributed by atoms with van der Waals surface area (Å²) in [4.78, 5) is 12.0. The van der Waals surface area contributed by atoms with Crippen LogP contribution in [-0.4, -0.2) is 5.78 Å². The summed E-state index contributed by atoms with van der Waals surface area (Å²) in [6.07, 6.45) is 14.3. The van der Waals surface area contributed by atoms with Crippen molar-refractivity contribution in [2.24, 2.45) is 39.9 Å². The second-order valence-corrected chi connectivity index (χ2v) is 10.7. The number of carbonyl (C=O) groups excluding carboxylic acids is 1. The van der Waals surface area contributed by atoms with Gasteiger partial charge in [0.15, 0.2) is 0 Å². The number of ketones is 1. The molecule has 4 fully saturated rings. The molecule has 3 unspecified atom stereocenters. The van der Waals surface area contributed by atoms with Crippen molar-refractivity contribution in [1.82, 2.24) is 0 Å². The lowest BCUT2D eigenvalue weighted by Crippen LogP contribution is -2.54. The van der Waals surface area contributed by atoms with Crippen molar-refractivity contribution in [2.75, 3.05) is 0 Å². The lowest BCUT2D eigenvalue weighted by Gasteiger charge is -2.61. The Labute approximate surface area is 149 Å². The monoisotopic (exact) mass is 330 g/mol. The summed E-state index contributed by atoms with van der Waals surface area (Å²) in [6.45, 7) is 10.2. The van der Waals surface area contributed by atoms with E-state index in [-0.39, 0.29) is 0 Å². The summed E-state index contributed by atoms with van der Waals surface area (Å²) in [7, 11) is 0. The number of fused-ring (bicyclic) bond motifs is 5. The Balaban J connectivity index is 1.62. The van der Waals surface area contributed by atoms with Crippen molar-refractivity contribution in [3.8, 4) is 0 Å². The van der Waals surface area contributed by atoms with Gasteiger partial charge in [-0.3, -0.25) is 4.79 Å². The molecule has 0 aromatic rings. The Bertz CT molecular complexity index is 524. The number of rotatable bonds is 2. The summed E-state index contributed by atoms with van der Waals surface area (Å²) < 4.78 is 0. The van der Waals surface area contributed by atoms with E-state index in [2.05, 4.69) is 27.7 Å². The zero-order chi connectivity index (χ0) is 17.2. The van der Waals surface area contributed by atoms with Crippen LogP contribution in [0.2, 0.25) is 0 Å². The minimum atomic E-state index is 0.474. The maximum absolute atomic E-state index is 12.0. The van der Waals surface area contributed by atoms with E-state index in [9.17, 15) is 4.79 Å². The van der Waals surface area contributed by atoms with E-state index in [4.69, 9.17) is 0 Å². The number of carbonyl (C=O) groups is 1. The molecular weight excluding hydrogens is 292 g/mol. The van der Waals surface area contributed by atoms with Gasteiger partial charge in [-0.05, 0) is 91.3 Å². The molecule has 0 saturated heterocycles. The molecule has 4 aliphatic rings. The molecule has 0 spiro atoms. The molecule has 0 aliphatic heterocycles. The van der Waals surface area contributed by atoms with E-state index in [1.54, 1.807) is 0 Å². The van der Waals surface area contributed by atoms with Crippen molar-refractivity contribution in [3.05, 3.63) is 0 Å². The van der Waals surface area contributed by atoms with Crippen LogP contribution in [0.5, 0.6) is 0 Å². The van der Waals surface area contributed by atoms with E-state index in [0.717, 1.165) is 30.6 Å². The van der Waals surface area contributed by atoms with Crippen LogP contribution >= 0.6 is 0 Å². The highest BCUT2D eigenvalue weighted by molar-refractivity contribution is 5.79. The molecule has 4 aliphatic carbocycles. The fraction of sp³-hybridized carbons (Fsp3) is 0.957. The molecule has 7 atom stereocenters. The molecule has 0 aromatic heterocycles. The molecule has 0 heterocycles. The van der Waals surface area contributed by atoms with Gasteiger partial charge in [0.05, 0.1) is 0 Å². The summed E-state index contributed by atoms with van der Waals surface area (Å²) in [5.74, 6) is 4.08. The summed E-state index contributed by atoms with van der Waals surface area (Å²) >= 11 is 0. The minimum absolute atomic E-state index is 0.474. The lowest BCUT2D eigenvalue weighted by molar-refractivity contribution is -0.143. The molecule has 24 heavy (non-hydrogen) atoms. The first-order chi connectivity index (χ1) is 11.3. The molecule has 1 heteroatoms. The average molecular weight is 331 g/mol. The molecule has 1 nitrogen and oxygen atoms in total. The van der Waals surface area contributed by atoms with Crippen LogP contribution in [0, 0.1) is 39.9 Å². The average Bonchev–Trinajstić information content (AvgIpc) is 2.80. The smallest absolute Gasteiger partial charge is 0.133 e. The molecular formula is C23H38O. The predicted octanol–water partition coefficient (Wildman–Crippen LogP) is 6.40. The van der Waals surface area contributed by atoms with Gasteiger partial charge in [0, 0.05) is 12.8 Å². The predicted molar refractivity (Wildman–Crippen MR) is 99.7 cm³/mol. The van der Waals surface area contributed by atoms with Gasteiger partial charge in [0.2, 0.25) is 0 Å². The summed E-state index contributed by atoms with van der Waals surface area (Å²) in [6, 6.07) is 0. The quantitative estimate of drug-likeness (QED) is 0.572. The first-order valence-electron chi connectivity index (χ1n) is 10.9. The third-order valence-electron chi connectivity index (χ3n) is 10.1. The van der Waals surface area contributed by atoms with Crippen LogP contribution < -0.4 is 0 Å². The normalized spacial score (nSPS) is 54.1. The van der Waals surface area contributed by atoms with Crippen LogP contribution in [0.1, 0.15) is 98.3 Å². The van der Waals surface area contributed by atoms with Gasteiger partial charge < -0.3 is 0 Å². The third-order valence-corrected chi connectivity index (χ3v) is 10.1. The lowest BCUT2D eigenvalue weighted by atomic mass is 9.43. The summed E-state index contributed by atoms with van der Waals surface area (Å²) in [5.41, 5.74) is 1.64. The molecule has 0 bridgehead atoms. The Hall–Kier alpha value is -0.330. The van der Waals surface area contributed by atoms with Crippen LogP contribution in [0.25, 0.3) is 0 Å². The Kier molecular flexibility index (Phi) is 3.98. The first-order valence-corrected chi connectivity index (χ1v) is 10.9. The topological polar surface area (TPSA) is 17.1 Å². The molecule has 136 valence electrons. The standard InChI is InChI=1S/C23H38O/c1-5-11-21(2)12-9-20-18-7-6-16-15-17(24)8-13-22(16,3)19(18)10-14-23(20,21)4/h16,18-20H,5-15H2,1-4H3/t16?,18?,19-,20-,21?,22-,23-/m0/s1. The van der Waals surface area contributed by atoms with Crippen LogP contribution in [-0.2, 0) is 4.79 Å². The first kappa shape index (κ1) is 17.1. The van der Waals surface area contributed by atoms with Gasteiger partial charge in [0.1, 0.15) is 5.78 Å². The van der Waals surface area contributed by atoms with E-state index >= 15 is 0 Å². The van der Waals surface area contributed by atoms with E-state index in [1.165, 1.54) is 57.8 Å². The molecule has 0 N–H and O–H groups in total. The van der Waals surface area contributed by atoms with Gasteiger partial charge in [0.25, 0.3) is 0 Å². The van der Waals surface area contributed by atoms with E-state index < -0.39 is 0 Å². The van der Waals surface area contributed by atoms with Gasteiger partial charge >= 0.3 is 0 Å². The fourth-order valence-electron chi connectivity index (χ4n) is 8.37. The highest BCUT2D eigenvalue weighted by Gasteiger charge is 2.62. The highest BCUT2D eigenvalue weighted by atomic mass is 16.1. The van der Waals surface area contributed by atoms with Crippen LogP contribution in [0.15, 0.2) is 0 Å².